The quantitative estimate of drug-likeness (QED) is 0.701. The van der Waals surface area contributed by atoms with Gasteiger partial charge in [-0.3, -0.25) is 0 Å². The van der Waals surface area contributed by atoms with E-state index in [1.165, 1.54) is 0 Å². The van der Waals surface area contributed by atoms with Gasteiger partial charge in [-0.1, -0.05) is 6.92 Å². The van der Waals surface area contributed by atoms with Crippen molar-refractivity contribution in [2.24, 2.45) is 0 Å². The fraction of sp³-hybridized carbons (Fsp3) is 0.200. The van der Waals surface area contributed by atoms with E-state index >= 15 is 0 Å². The highest BCUT2D eigenvalue weighted by atomic mass is 16.3. The fourth-order valence-corrected chi connectivity index (χ4v) is 1.11. The molecule has 0 fully saturated rings. The first-order valence-corrected chi connectivity index (χ1v) is 4.26. The molecule has 2 rings (SSSR count). The standard InChI is InChI=1S/C10H10N2O/c1-2-8-4-5-9(13-8)10-11-6-3-7-12-10/h3-7H,2H2,1H3. The van der Waals surface area contributed by atoms with Crippen molar-refractivity contribution < 1.29 is 4.42 Å². The van der Waals surface area contributed by atoms with Crippen molar-refractivity contribution in [2.45, 2.75) is 13.3 Å². The summed E-state index contributed by atoms with van der Waals surface area (Å²) in [5.74, 6) is 2.34. The molecule has 0 saturated heterocycles. The largest absolute Gasteiger partial charge is 0.458 e. The lowest BCUT2D eigenvalue weighted by molar-refractivity contribution is 0.525. The number of nitrogens with zero attached hydrogens (tertiary/aromatic N) is 2. The molecule has 2 aromatic heterocycles. The van der Waals surface area contributed by atoms with E-state index in [1.54, 1.807) is 18.5 Å². The lowest BCUT2D eigenvalue weighted by atomic mass is 10.3. The number of aryl methyl sites for hydroxylation is 1. The summed E-state index contributed by atoms with van der Waals surface area (Å²) in [5.41, 5.74) is 0. The van der Waals surface area contributed by atoms with E-state index in [0.717, 1.165) is 17.9 Å². The van der Waals surface area contributed by atoms with Gasteiger partial charge >= 0.3 is 0 Å². The molecule has 0 saturated carbocycles. The van der Waals surface area contributed by atoms with Crippen LogP contribution in [0.3, 0.4) is 0 Å². The maximum Gasteiger partial charge on any atom is 0.195 e. The van der Waals surface area contributed by atoms with E-state index in [2.05, 4.69) is 16.9 Å². The molecule has 0 N–H and O–H groups in total. The summed E-state index contributed by atoms with van der Waals surface area (Å²) in [7, 11) is 0. The van der Waals surface area contributed by atoms with E-state index in [0.29, 0.717) is 5.82 Å². The summed E-state index contributed by atoms with van der Waals surface area (Å²) in [6.07, 6.45) is 4.31. The first kappa shape index (κ1) is 7.98. The zero-order valence-electron chi connectivity index (χ0n) is 7.40. The van der Waals surface area contributed by atoms with Crippen LogP contribution in [0.1, 0.15) is 12.7 Å². The molecule has 0 aliphatic heterocycles. The lowest BCUT2D eigenvalue weighted by Crippen LogP contribution is -1.83. The van der Waals surface area contributed by atoms with Gasteiger partial charge in [0.05, 0.1) is 0 Å². The molecule has 0 radical (unpaired) electrons. The SMILES string of the molecule is CCc1ccc(-c2ncccn2)o1. The number of rotatable bonds is 2. The molecule has 0 aliphatic rings. The molecule has 3 heteroatoms. The minimum Gasteiger partial charge on any atom is -0.458 e. The third kappa shape index (κ3) is 1.59. The van der Waals surface area contributed by atoms with Crippen LogP contribution in [0.15, 0.2) is 35.0 Å². The molecule has 0 aliphatic carbocycles. The second-order valence-corrected chi connectivity index (χ2v) is 2.69. The Hall–Kier alpha value is -1.64. The second kappa shape index (κ2) is 3.39. The Morgan fingerprint density at radius 3 is 2.62 bits per heavy atom. The molecule has 0 bridgehead atoms. The summed E-state index contributed by atoms with van der Waals surface area (Å²) in [6, 6.07) is 5.63. The van der Waals surface area contributed by atoms with Crippen molar-refractivity contribution >= 4 is 0 Å². The van der Waals surface area contributed by atoms with Gasteiger partial charge in [0.1, 0.15) is 5.76 Å². The molecule has 0 atom stereocenters. The summed E-state index contributed by atoms with van der Waals surface area (Å²) in [5, 5.41) is 0. The van der Waals surface area contributed by atoms with E-state index in [1.807, 2.05) is 12.1 Å². The molecule has 13 heavy (non-hydrogen) atoms. The van der Waals surface area contributed by atoms with Gasteiger partial charge in [0.15, 0.2) is 11.6 Å². The Kier molecular flexibility index (Phi) is 2.08. The monoisotopic (exact) mass is 174 g/mol. The Morgan fingerprint density at radius 1 is 1.23 bits per heavy atom. The summed E-state index contributed by atoms with van der Waals surface area (Å²) < 4.78 is 5.49. The average Bonchev–Trinajstić information content (AvgIpc) is 2.67. The van der Waals surface area contributed by atoms with Crippen molar-refractivity contribution in [1.82, 2.24) is 9.97 Å². The second-order valence-electron chi connectivity index (χ2n) is 2.69. The van der Waals surface area contributed by atoms with Crippen LogP contribution in [-0.4, -0.2) is 9.97 Å². The molecule has 0 amide bonds. The Bertz CT molecular complexity index is 381. The van der Waals surface area contributed by atoms with Gasteiger partial charge < -0.3 is 4.42 Å². The highest BCUT2D eigenvalue weighted by molar-refractivity contribution is 5.46. The molecule has 3 nitrogen and oxygen atoms in total. The normalized spacial score (nSPS) is 10.2. The highest BCUT2D eigenvalue weighted by Gasteiger charge is 2.04. The van der Waals surface area contributed by atoms with Gasteiger partial charge in [0.25, 0.3) is 0 Å². The van der Waals surface area contributed by atoms with Gasteiger partial charge in [0.2, 0.25) is 0 Å². The maximum atomic E-state index is 5.49. The van der Waals surface area contributed by atoms with E-state index in [4.69, 9.17) is 4.42 Å². The minimum absolute atomic E-state index is 0.641. The van der Waals surface area contributed by atoms with Crippen LogP contribution in [0.5, 0.6) is 0 Å². The summed E-state index contributed by atoms with van der Waals surface area (Å²) in [6.45, 7) is 2.05. The third-order valence-corrected chi connectivity index (χ3v) is 1.80. The predicted molar refractivity (Wildman–Crippen MR) is 49.1 cm³/mol. The van der Waals surface area contributed by atoms with Gasteiger partial charge in [0, 0.05) is 18.8 Å². The van der Waals surface area contributed by atoms with Crippen LogP contribution < -0.4 is 0 Å². The lowest BCUT2D eigenvalue weighted by Gasteiger charge is -1.92. The van der Waals surface area contributed by atoms with Crippen LogP contribution in [0.25, 0.3) is 11.6 Å². The van der Waals surface area contributed by atoms with Crippen LogP contribution in [0.4, 0.5) is 0 Å². The van der Waals surface area contributed by atoms with E-state index in [-0.39, 0.29) is 0 Å². The van der Waals surface area contributed by atoms with E-state index < -0.39 is 0 Å². The topological polar surface area (TPSA) is 38.9 Å². The highest BCUT2D eigenvalue weighted by Crippen LogP contribution is 2.17. The molecule has 0 spiro atoms. The first-order chi connectivity index (χ1) is 6.40. The fourth-order valence-electron chi connectivity index (χ4n) is 1.11. The number of aromatic nitrogens is 2. The van der Waals surface area contributed by atoms with Gasteiger partial charge in [-0.15, -0.1) is 0 Å². The minimum atomic E-state index is 0.641. The van der Waals surface area contributed by atoms with Gasteiger partial charge in [-0.25, -0.2) is 9.97 Å². The van der Waals surface area contributed by atoms with E-state index in [9.17, 15) is 0 Å². The number of furan rings is 1. The third-order valence-electron chi connectivity index (χ3n) is 1.80. The Morgan fingerprint density at radius 2 is 2.00 bits per heavy atom. The van der Waals surface area contributed by atoms with Crippen molar-refractivity contribution in [2.75, 3.05) is 0 Å². The zero-order chi connectivity index (χ0) is 9.10. The maximum absolute atomic E-state index is 5.49. The molecule has 0 unspecified atom stereocenters. The Balaban J connectivity index is 2.36. The Labute approximate surface area is 76.5 Å². The number of hydrogen-bond donors (Lipinski definition) is 0. The molecule has 0 aromatic carbocycles. The summed E-state index contributed by atoms with van der Waals surface area (Å²) >= 11 is 0. The molecule has 2 heterocycles. The molecular weight excluding hydrogens is 164 g/mol. The molecule has 2 aromatic rings. The van der Waals surface area contributed by atoms with Crippen LogP contribution >= 0.6 is 0 Å². The van der Waals surface area contributed by atoms with Crippen LogP contribution in [0, 0.1) is 0 Å². The first-order valence-electron chi connectivity index (χ1n) is 4.26. The average molecular weight is 174 g/mol. The zero-order valence-corrected chi connectivity index (χ0v) is 7.40. The predicted octanol–water partition coefficient (Wildman–Crippen LogP) is 2.30. The van der Waals surface area contributed by atoms with Gasteiger partial charge in [-0.05, 0) is 18.2 Å². The number of hydrogen-bond acceptors (Lipinski definition) is 3. The van der Waals surface area contributed by atoms with Gasteiger partial charge in [-0.2, -0.15) is 0 Å². The summed E-state index contributed by atoms with van der Waals surface area (Å²) in [4.78, 5) is 8.18. The van der Waals surface area contributed by atoms with Crippen LogP contribution in [-0.2, 0) is 6.42 Å². The van der Waals surface area contributed by atoms with Crippen molar-refractivity contribution in [1.29, 1.82) is 0 Å². The van der Waals surface area contributed by atoms with Crippen molar-refractivity contribution in [3.63, 3.8) is 0 Å². The smallest absolute Gasteiger partial charge is 0.195 e. The van der Waals surface area contributed by atoms with Crippen molar-refractivity contribution in [3.05, 3.63) is 36.4 Å². The molecule has 66 valence electrons. The molecular formula is C10H10N2O. The van der Waals surface area contributed by atoms with Crippen LogP contribution in [0.2, 0.25) is 0 Å². The van der Waals surface area contributed by atoms with Crippen molar-refractivity contribution in [3.8, 4) is 11.6 Å².